The van der Waals surface area contributed by atoms with Gasteiger partial charge in [0.1, 0.15) is 17.9 Å². The van der Waals surface area contributed by atoms with Gasteiger partial charge < -0.3 is 14.9 Å². The lowest BCUT2D eigenvalue weighted by molar-refractivity contribution is 0.186. The molecular formula is C16H14N2O4. The van der Waals surface area contributed by atoms with Crippen LogP contribution in [-0.2, 0) is 6.61 Å². The van der Waals surface area contributed by atoms with Crippen LogP contribution < -0.4 is 15.9 Å². The zero-order valence-corrected chi connectivity index (χ0v) is 11.9. The minimum absolute atomic E-state index is 0.193. The van der Waals surface area contributed by atoms with Gasteiger partial charge in [-0.3, -0.25) is 9.59 Å². The van der Waals surface area contributed by atoms with Crippen LogP contribution in [0.15, 0.2) is 52.1 Å². The molecule has 0 saturated carbocycles. The van der Waals surface area contributed by atoms with E-state index in [0.29, 0.717) is 22.6 Å². The molecule has 3 rings (SSSR count). The normalized spacial score (nSPS) is 10.8. The van der Waals surface area contributed by atoms with Crippen LogP contribution in [0.5, 0.6) is 5.75 Å². The van der Waals surface area contributed by atoms with E-state index in [4.69, 9.17) is 4.74 Å². The summed E-state index contributed by atoms with van der Waals surface area (Å²) in [5, 5.41) is 9.77. The number of aromatic nitrogens is 2. The topological polar surface area (TPSA) is 84.3 Å². The number of nitrogens with one attached hydrogen (secondary N) is 1. The van der Waals surface area contributed by atoms with Gasteiger partial charge in [-0.15, -0.1) is 4.73 Å². The van der Waals surface area contributed by atoms with Crippen molar-refractivity contribution in [1.82, 2.24) is 9.71 Å². The monoisotopic (exact) mass is 298 g/mol. The van der Waals surface area contributed by atoms with Gasteiger partial charge in [0.25, 0.3) is 0 Å². The molecule has 1 aromatic heterocycles. The zero-order chi connectivity index (χ0) is 15.7. The molecule has 0 aliphatic heterocycles. The molecule has 6 nitrogen and oxygen atoms in total. The van der Waals surface area contributed by atoms with E-state index >= 15 is 0 Å². The standard InChI is InChI=1S/C16H14N2O4/c1-10-7-12-13(18(21)16(20)15(19)17-12)8-14(10)22-9-11-5-3-2-4-6-11/h2-8,21H,9H2,1H3,(H,17,19). The van der Waals surface area contributed by atoms with Gasteiger partial charge in [0, 0.05) is 6.07 Å². The van der Waals surface area contributed by atoms with Crippen molar-refractivity contribution in [1.29, 1.82) is 0 Å². The highest BCUT2D eigenvalue weighted by Gasteiger charge is 2.10. The molecule has 0 unspecified atom stereocenters. The first-order valence-electron chi connectivity index (χ1n) is 6.72. The molecule has 6 heteroatoms. The molecule has 2 aromatic carbocycles. The van der Waals surface area contributed by atoms with E-state index < -0.39 is 11.1 Å². The third kappa shape index (κ3) is 2.46. The number of nitrogens with zero attached hydrogens (tertiary/aromatic N) is 1. The molecule has 0 radical (unpaired) electrons. The fraction of sp³-hybridized carbons (Fsp3) is 0.125. The second kappa shape index (κ2) is 5.40. The number of rotatable bonds is 3. The molecule has 2 N–H and O–H groups in total. The highest BCUT2D eigenvalue weighted by atomic mass is 16.5. The predicted molar refractivity (Wildman–Crippen MR) is 81.5 cm³/mol. The quantitative estimate of drug-likeness (QED) is 0.570. The Labute approximate surface area is 125 Å². The molecular weight excluding hydrogens is 284 g/mol. The van der Waals surface area contributed by atoms with Crippen LogP contribution in [0.25, 0.3) is 11.0 Å². The maximum absolute atomic E-state index is 11.5. The second-order valence-corrected chi connectivity index (χ2v) is 4.98. The molecule has 0 fully saturated rings. The van der Waals surface area contributed by atoms with Gasteiger partial charge in [0.2, 0.25) is 0 Å². The molecule has 0 aliphatic carbocycles. The summed E-state index contributed by atoms with van der Waals surface area (Å²) in [6.45, 7) is 2.19. The molecule has 0 atom stereocenters. The zero-order valence-electron chi connectivity index (χ0n) is 11.9. The summed E-state index contributed by atoms with van der Waals surface area (Å²) in [7, 11) is 0. The Morgan fingerprint density at radius 1 is 1.18 bits per heavy atom. The van der Waals surface area contributed by atoms with Crippen molar-refractivity contribution in [2.45, 2.75) is 13.5 Å². The number of aryl methyl sites for hydroxylation is 1. The van der Waals surface area contributed by atoms with Crippen molar-refractivity contribution in [3.05, 3.63) is 74.3 Å². The van der Waals surface area contributed by atoms with Crippen molar-refractivity contribution in [2.75, 3.05) is 0 Å². The SMILES string of the molecule is Cc1cc2[nH]c(=O)c(=O)n(O)c2cc1OCc1ccccc1. The summed E-state index contributed by atoms with van der Waals surface area (Å²) < 4.78 is 6.07. The summed E-state index contributed by atoms with van der Waals surface area (Å²) in [5.41, 5.74) is 0.468. The first kappa shape index (κ1) is 13.9. The minimum atomic E-state index is -1.02. The molecule has 22 heavy (non-hydrogen) atoms. The Hall–Kier alpha value is -3.02. The first-order chi connectivity index (χ1) is 10.6. The van der Waals surface area contributed by atoms with Gasteiger partial charge in [-0.25, -0.2) is 0 Å². The van der Waals surface area contributed by atoms with E-state index in [0.717, 1.165) is 11.1 Å². The van der Waals surface area contributed by atoms with Gasteiger partial charge in [0.15, 0.2) is 0 Å². The van der Waals surface area contributed by atoms with Crippen LogP contribution in [0.1, 0.15) is 11.1 Å². The number of ether oxygens (including phenoxy) is 1. The summed E-state index contributed by atoms with van der Waals surface area (Å²) >= 11 is 0. The first-order valence-corrected chi connectivity index (χ1v) is 6.72. The molecule has 0 amide bonds. The average molecular weight is 298 g/mol. The van der Waals surface area contributed by atoms with Crippen molar-refractivity contribution in [3.8, 4) is 5.75 Å². The van der Waals surface area contributed by atoms with E-state index in [-0.39, 0.29) is 5.52 Å². The Balaban J connectivity index is 2.02. The molecule has 0 saturated heterocycles. The third-order valence-electron chi connectivity index (χ3n) is 3.39. The fourth-order valence-electron chi connectivity index (χ4n) is 2.22. The van der Waals surface area contributed by atoms with E-state index in [1.807, 2.05) is 37.3 Å². The Bertz CT molecular complexity index is 942. The van der Waals surface area contributed by atoms with Gasteiger partial charge in [0.05, 0.1) is 5.52 Å². The molecule has 0 aliphatic rings. The lowest BCUT2D eigenvalue weighted by Gasteiger charge is -2.11. The van der Waals surface area contributed by atoms with Gasteiger partial charge >= 0.3 is 11.1 Å². The number of aromatic amines is 1. The summed E-state index contributed by atoms with van der Waals surface area (Å²) in [6, 6.07) is 12.8. The van der Waals surface area contributed by atoms with E-state index in [9.17, 15) is 14.8 Å². The van der Waals surface area contributed by atoms with Crippen molar-refractivity contribution >= 4 is 11.0 Å². The van der Waals surface area contributed by atoms with E-state index in [1.165, 1.54) is 6.07 Å². The van der Waals surface area contributed by atoms with Crippen LogP contribution in [0.4, 0.5) is 0 Å². The number of H-pyrrole nitrogens is 1. The van der Waals surface area contributed by atoms with Gasteiger partial charge in [-0.1, -0.05) is 30.3 Å². The lowest BCUT2D eigenvalue weighted by atomic mass is 10.2. The van der Waals surface area contributed by atoms with Crippen LogP contribution in [0.2, 0.25) is 0 Å². The Kier molecular flexibility index (Phi) is 3.42. The maximum Gasteiger partial charge on any atom is 0.348 e. The van der Waals surface area contributed by atoms with Crippen molar-refractivity contribution in [3.63, 3.8) is 0 Å². The minimum Gasteiger partial charge on any atom is -0.489 e. The summed E-state index contributed by atoms with van der Waals surface area (Å²) in [4.78, 5) is 25.3. The second-order valence-electron chi connectivity index (χ2n) is 4.98. The van der Waals surface area contributed by atoms with E-state index in [1.54, 1.807) is 6.07 Å². The highest BCUT2D eigenvalue weighted by Crippen LogP contribution is 2.23. The molecule has 3 aromatic rings. The highest BCUT2D eigenvalue weighted by molar-refractivity contribution is 5.77. The van der Waals surface area contributed by atoms with Gasteiger partial charge in [-0.2, -0.15) is 0 Å². The molecule has 112 valence electrons. The number of hydrogen-bond donors (Lipinski definition) is 2. The van der Waals surface area contributed by atoms with Crippen molar-refractivity contribution in [2.24, 2.45) is 0 Å². The van der Waals surface area contributed by atoms with Crippen LogP contribution >= 0.6 is 0 Å². The fourth-order valence-corrected chi connectivity index (χ4v) is 2.22. The molecule has 1 heterocycles. The number of hydrogen-bond acceptors (Lipinski definition) is 4. The third-order valence-corrected chi connectivity index (χ3v) is 3.39. The van der Waals surface area contributed by atoms with E-state index in [2.05, 4.69) is 4.98 Å². The number of fused-ring (bicyclic) bond motifs is 1. The predicted octanol–water partition coefficient (Wildman–Crippen LogP) is 1.81. The summed E-state index contributed by atoms with van der Waals surface area (Å²) in [6.07, 6.45) is 0. The van der Waals surface area contributed by atoms with Crippen LogP contribution in [0, 0.1) is 6.92 Å². The average Bonchev–Trinajstić information content (AvgIpc) is 2.52. The van der Waals surface area contributed by atoms with Crippen molar-refractivity contribution < 1.29 is 9.94 Å². The van der Waals surface area contributed by atoms with Crippen LogP contribution in [-0.4, -0.2) is 14.9 Å². The maximum atomic E-state index is 11.5. The largest absolute Gasteiger partial charge is 0.489 e. The number of benzene rings is 2. The van der Waals surface area contributed by atoms with Gasteiger partial charge in [-0.05, 0) is 24.1 Å². The molecule has 0 bridgehead atoms. The summed E-state index contributed by atoms with van der Waals surface area (Å²) in [5.74, 6) is 0.533. The Morgan fingerprint density at radius 2 is 1.91 bits per heavy atom. The Morgan fingerprint density at radius 3 is 2.64 bits per heavy atom. The van der Waals surface area contributed by atoms with Crippen LogP contribution in [0.3, 0.4) is 0 Å². The molecule has 0 spiro atoms. The smallest absolute Gasteiger partial charge is 0.348 e. The lowest BCUT2D eigenvalue weighted by Crippen LogP contribution is -2.35.